The summed E-state index contributed by atoms with van der Waals surface area (Å²) < 4.78 is 25.5. The fraction of sp³-hybridized carbons (Fsp3) is 0.333. The summed E-state index contributed by atoms with van der Waals surface area (Å²) in [6.07, 6.45) is 1.18. The number of nitrogens with zero attached hydrogens (tertiary/aromatic N) is 1. The van der Waals surface area contributed by atoms with Gasteiger partial charge in [0.25, 0.3) is 11.7 Å². The van der Waals surface area contributed by atoms with Crippen molar-refractivity contribution in [3.8, 4) is 5.75 Å². The van der Waals surface area contributed by atoms with E-state index in [1.807, 2.05) is 6.92 Å². The molecule has 2 atom stereocenters. The minimum absolute atomic E-state index is 0.0252. The molecule has 162 valence electrons. The molecule has 31 heavy (non-hydrogen) atoms. The summed E-state index contributed by atoms with van der Waals surface area (Å²) in [5.41, 5.74) is 1.36. The fourth-order valence-corrected chi connectivity index (χ4v) is 4.23. The number of aliphatic hydroxyl groups excluding tert-OH is 1. The Hall–Kier alpha value is -3.19. The minimum atomic E-state index is -1.01. The second-order valence-corrected chi connectivity index (χ2v) is 7.82. The van der Waals surface area contributed by atoms with Crippen molar-refractivity contribution in [2.24, 2.45) is 0 Å². The molecular weight excluding hydrogens is 401 g/mol. The zero-order chi connectivity index (χ0) is 22.1. The first-order valence-electron chi connectivity index (χ1n) is 10.2. The van der Waals surface area contributed by atoms with Crippen LogP contribution in [0.4, 0.5) is 4.39 Å². The molecule has 0 aromatic heterocycles. The van der Waals surface area contributed by atoms with Crippen molar-refractivity contribution >= 4 is 17.4 Å². The number of carbonyl (C=O) groups excluding carboxylic acids is 2. The second-order valence-electron chi connectivity index (χ2n) is 7.82. The number of ether oxygens (including phenoxy) is 2. The van der Waals surface area contributed by atoms with Crippen LogP contribution in [0.25, 0.3) is 5.76 Å². The SMILES string of the molecule is COCCCN1C(=O)C(=O)/C(=C(/O)c2ccc3c(c2)CC(C)O3)C1c1ccccc1F. The Morgan fingerprint density at radius 3 is 2.77 bits per heavy atom. The van der Waals surface area contributed by atoms with Gasteiger partial charge in [0.1, 0.15) is 23.4 Å². The van der Waals surface area contributed by atoms with Crippen molar-refractivity contribution in [3.05, 3.63) is 70.5 Å². The average molecular weight is 425 g/mol. The molecule has 1 saturated heterocycles. The number of aliphatic hydroxyl groups is 1. The summed E-state index contributed by atoms with van der Waals surface area (Å²) in [6.45, 7) is 2.53. The highest BCUT2D eigenvalue weighted by Gasteiger charge is 2.46. The lowest BCUT2D eigenvalue weighted by Gasteiger charge is -2.25. The number of carbonyl (C=O) groups is 2. The van der Waals surface area contributed by atoms with Crippen molar-refractivity contribution in [2.75, 3.05) is 20.3 Å². The highest BCUT2D eigenvalue weighted by molar-refractivity contribution is 6.46. The molecule has 0 aliphatic carbocycles. The van der Waals surface area contributed by atoms with Gasteiger partial charge in [0, 0.05) is 37.8 Å². The first-order chi connectivity index (χ1) is 14.9. The highest BCUT2D eigenvalue weighted by Crippen LogP contribution is 2.41. The maximum Gasteiger partial charge on any atom is 0.295 e. The number of Topliss-reactive ketones (excluding diaryl/α,β-unsaturated/α-hetero) is 1. The van der Waals surface area contributed by atoms with E-state index in [2.05, 4.69) is 0 Å². The van der Waals surface area contributed by atoms with Crippen LogP contribution >= 0.6 is 0 Å². The number of amides is 1. The Labute approximate surface area is 179 Å². The van der Waals surface area contributed by atoms with Crippen molar-refractivity contribution in [2.45, 2.75) is 31.9 Å². The molecule has 4 rings (SSSR count). The summed E-state index contributed by atoms with van der Waals surface area (Å²) >= 11 is 0. The maximum absolute atomic E-state index is 14.7. The lowest BCUT2D eigenvalue weighted by Crippen LogP contribution is -2.31. The first-order valence-corrected chi connectivity index (χ1v) is 10.2. The topological polar surface area (TPSA) is 76.1 Å². The van der Waals surface area contributed by atoms with Crippen molar-refractivity contribution in [3.63, 3.8) is 0 Å². The predicted molar refractivity (Wildman–Crippen MR) is 112 cm³/mol. The molecule has 2 aliphatic heterocycles. The predicted octanol–water partition coefficient (Wildman–Crippen LogP) is 3.61. The fourth-order valence-electron chi connectivity index (χ4n) is 4.23. The third-order valence-corrected chi connectivity index (χ3v) is 5.66. The molecule has 7 heteroatoms. The summed E-state index contributed by atoms with van der Waals surface area (Å²) in [6, 6.07) is 10.1. The van der Waals surface area contributed by atoms with Gasteiger partial charge in [-0.3, -0.25) is 9.59 Å². The van der Waals surface area contributed by atoms with Crippen LogP contribution in [-0.2, 0) is 20.7 Å². The number of benzene rings is 2. The monoisotopic (exact) mass is 425 g/mol. The van der Waals surface area contributed by atoms with Gasteiger partial charge < -0.3 is 19.5 Å². The van der Waals surface area contributed by atoms with E-state index < -0.39 is 23.5 Å². The molecule has 2 aromatic rings. The molecular formula is C24H24FNO5. The number of ketones is 1. The number of halogens is 1. The van der Waals surface area contributed by atoms with Gasteiger partial charge >= 0.3 is 0 Å². The number of rotatable bonds is 6. The summed E-state index contributed by atoms with van der Waals surface area (Å²) in [5, 5.41) is 11.1. The molecule has 0 bridgehead atoms. The third-order valence-electron chi connectivity index (χ3n) is 5.66. The average Bonchev–Trinajstić information content (AvgIpc) is 3.24. The Bertz CT molecular complexity index is 1060. The smallest absolute Gasteiger partial charge is 0.295 e. The van der Waals surface area contributed by atoms with Crippen LogP contribution in [0.3, 0.4) is 0 Å². The maximum atomic E-state index is 14.7. The molecule has 0 saturated carbocycles. The third kappa shape index (κ3) is 3.81. The lowest BCUT2D eigenvalue weighted by molar-refractivity contribution is -0.140. The molecule has 1 fully saturated rings. The molecule has 2 aromatic carbocycles. The van der Waals surface area contributed by atoms with Gasteiger partial charge in [0.2, 0.25) is 0 Å². The number of hydrogen-bond acceptors (Lipinski definition) is 5. The van der Waals surface area contributed by atoms with E-state index in [9.17, 15) is 19.1 Å². The van der Waals surface area contributed by atoms with Crippen LogP contribution in [0.2, 0.25) is 0 Å². The lowest BCUT2D eigenvalue weighted by atomic mass is 9.94. The molecule has 2 aliphatic rings. The Morgan fingerprint density at radius 2 is 2.03 bits per heavy atom. The van der Waals surface area contributed by atoms with E-state index in [4.69, 9.17) is 9.47 Å². The summed E-state index contributed by atoms with van der Waals surface area (Å²) in [4.78, 5) is 27.1. The van der Waals surface area contributed by atoms with Crippen LogP contribution in [-0.4, -0.2) is 48.1 Å². The first kappa shape index (κ1) is 21.1. The van der Waals surface area contributed by atoms with Crippen molar-refractivity contribution in [1.29, 1.82) is 0 Å². The normalized spacial score (nSPS) is 22.0. The van der Waals surface area contributed by atoms with Gasteiger partial charge in [-0.1, -0.05) is 18.2 Å². The molecule has 1 N–H and O–H groups in total. The van der Waals surface area contributed by atoms with E-state index in [0.29, 0.717) is 25.0 Å². The highest BCUT2D eigenvalue weighted by atomic mass is 19.1. The van der Waals surface area contributed by atoms with Gasteiger partial charge in [-0.05, 0) is 43.2 Å². The standard InChI is InChI=1S/C24H24FNO5/c1-14-12-16-13-15(8-9-19(16)31-14)22(27)20-21(17-6-3-4-7-18(17)25)26(10-5-11-30-2)24(29)23(20)28/h3-4,6-9,13-14,21,27H,5,10-12H2,1-2H3/b22-20+. The van der Waals surface area contributed by atoms with E-state index in [1.54, 1.807) is 31.4 Å². The van der Waals surface area contributed by atoms with Crippen LogP contribution < -0.4 is 4.74 Å². The molecule has 2 heterocycles. The molecule has 6 nitrogen and oxygen atoms in total. The van der Waals surface area contributed by atoms with E-state index >= 15 is 0 Å². The van der Waals surface area contributed by atoms with Gasteiger partial charge in [0.15, 0.2) is 0 Å². The number of likely N-dealkylation sites (tertiary alicyclic amines) is 1. The van der Waals surface area contributed by atoms with E-state index in [1.165, 1.54) is 23.1 Å². The van der Waals surface area contributed by atoms with E-state index in [0.717, 1.165) is 11.3 Å². The Balaban J connectivity index is 1.82. The Kier molecular flexibility index (Phi) is 5.78. The van der Waals surface area contributed by atoms with Gasteiger partial charge in [-0.15, -0.1) is 0 Å². The van der Waals surface area contributed by atoms with Crippen LogP contribution in [0.15, 0.2) is 48.0 Å². The summed E-state index contributed by atoms with van der Waals surface area (Å²) in [5.74, 6) is -1.72. The minimum Gasteiger partial charge on any atom is -0.507 e. The van der Waals surface area contributed by atoms with Crippen LogP contribution in [0.5, 0.6) is 5.75 Å². The van der Waals surface area contributed by atoms with Crippen LogP contribution in [0, 0.1) is 5.82 Å². The number of methoxy groups -OCH3 is 1. The van der Waals surface area contributed by atoms with Gasteiger partial charge in [-0.2, -0.15) is 0 Å². The second kappa shape index (κ2) is 8.51. The van der Waals surface area contributed by atoms with Gasteiger partial charge in [0.05, 0.1) is 11.6 Å². The quantitative estimate of drug-likeness (QED) is 0.331. The Morgan fingerprint density at radius 1 is 1.26 bits per heavy atom. The molecule has 2 unspecified atom stereocenters. The molecule has 0 spiro atoms. The van der Waals surface area contributed by atoms with E-state index in [-0.39, 0.29) is 29.5 Å². The zero-order valence-electron chi connectivity index (χ0n) is 17.4. The summed E-state index contributed by atoms with van der Waals surface area (Å²) in [7, 11) is 1.54. The molecule has 1 amide bonds. The number of fused-ring (bicyclic) bond motifs is 1. The van der Waals surface area contributed by atoms with Crippen molar-refractivity contribution in [1.82, 2.24) is 4.90 Å². The largest absolute Gasteiger partial charge is 0.507 e. The molecule has 0 radical (unpaired) electrons. The van der Waals surface area contributed by atoms with Gasteiger partial charge in [-0.25, -0.2) is 4.39 Å². The van der Waals surface area contributed by atoms with Crippen molar-refractivity contribution < 1.29 is 28.6 Å². The zero-order valence-corrected chi connectivity index (χ0v) is 17.4. The number of hydrogen-bond donors (Lipinski definition) is 1. The van der Waals surface area contributed by atoms with Crippen LogP contribution in [0.1, 0.15) is 36.1 Å².